The number of hydrogen-bond donors (Lipinski definition) is 2. The molecule has 0 atom stereocenters. The van der Waals surface area contributed by atoms with Crippen molar-refractivity contribution in [3.63, 3.8) is 0 Å². The Kier molecular flexibility index (Phi) is 2.45. The molecule has 2 aromatic heterocycles. The smallest absolute Gasteiger partial charge is 0.309 e. The number of carbonyl (C=O) groups is 1. The van der Waals surface area contributed by atoms with Gasteiger partial charge < -0.3 is 5.11 Å². The molecule has 0 aromatic carbocycles. The molecule has 0 bridgehead atoms. The fourth-order valence-electron chi connectivity index (χ4n) is 1.26. The van der Waals surface area contributed by atoms with Crippen molar-refractivity contribution in [3.8, 4) is 11.4 Å². The van der Waals surface area contributed by atoms with Crippen molar-refractivity contribution < 1.29 is 9.90 Å². The number of pyridine rings is 1. The summed E-state index contributed by atoms with van der Waals surface area (Å²) in [4.78, 5) is 14.6. The van der Waals surface area contributed by atoms with Gasteiger partial charge in [-0.15, -0.1) is 0 Å². The Hall–Kier alpha value is -2.17. The van der Waals surface area contributed by atoms with Crippen molar-refractivity contribution in [1.82, 2.24) is 15.2 Å². The third-order valence-corrected chi connectivity index (χ3v) is 1.90. The second kappa shape index (κ2) is 3.91. The van der Waals surface area contributed by atoms with Crippen LogP contribution in [-0.2, 0) is 11.2 Å². The Labute approximate surface area is 85.8 Å². The highest BCUT2D eigenvalue weighted by molar-refractivity contribution is 5.70. The number of hydrogen-bond acceptors (Lipinski definition) is 3. The first-order chi connectivity index (χ1) is 7.25. The summed E-state index contributed by atoms with van der Waals surface area (Å²) in [5.74, 6) is -0.883. The first-order valence-electron chi connectivity index (χ1n) is 4.43. The van der Waals surface area contributed by atoms with Gasteiger partial charge in [-0.05, 0) is 18.2 Å². The lowest BCUT2D eigenvalue weighted by Crippen LogP contribution is -1.99. The first kappa shape index (κ1) is 9.39. The summed E-state index contributed by atoms with van der Waals surface area (Å²) in [5, 5.41) is 15.2. The number of carboxylic acid groups (broad SMARTS) is 1. The summed E-state index contributed by atoms with van der Waals surface area (Å²) in [6.07, 6.45) is 1.61. The van der Waals surface area contributed by atoms with E-state index in [0.717, 1.165) is 5.69 Å². The molecule has 76 valence electrons. The molecular formula is C10H9N3O2. The molecule has 15 heavy (non-hydrogen) atoms. The normalized spacial score (nSPS) is 10.1. The number of aromatic amines is 1. The summed E-state index contributed by atoms with van der Waals surface area (Å²) in [6.45, 7) is 0. The highest BCUT2D eigenvalue weighted by atomic mass is 16.4. The largest absolute Gasteiger partial charge is 0.481 e. The molecular weight excluding hydrogens is 194 g/mol. The van der Waals surface area contributed by atoms with Crippen LogP contribution in [0.4, 0.5) is 0 Å². The summed E-state index contributed by atoms with van der Waals surface area (Å²) in [6, 6.07) is 7.18. The van der Waals surface area contributed by atoms with Crippen molar-refractivity contribution in [1.29, 1.82) is 0 Å². The van der Waals surface area contributed by atoms with E-state index < -0.39 is 5.97 Å². The van der Waals surface area contributed by atoms with Gasteiger partial charge in [0.15, 0.2) is 0 Å². The maximum atomic E-state index is 10.5. The number of carboxylic acids is 1. The Morgan fingerprint density at radius 1 is 1.40 bits per heavy atom. The summed E-state index contributed by atoms with van der Waals surface area (Å²) >= 11 is 0. The minimum atomic E-state index is -0.883. The molecule has 0 radical (unpaired) electrons. The third kappa shape index (κ3) is 2.19. The fraction of sp³-hybridized carbons (Fsp3) is 0.100. The van der Waals surface area contributed by atoms with Gasteiger partial charge in [-0.1, -0.05) is 6.07 Å². The molecule has 0 spiro atoms. The molecule has 5 heteroatoms. The van der Waals surface area contributed by atoms with E-state index in [4.69, 9.17) is 5.11 Å². The molecule has 0 aliphatic carbocycles. The number of nitrogens with one attached hydrogen (secondary N) is 1. The van der Waals surface area contributed by atoms with E-state index in [1.807, 2.05) is 18.2 Å². The number of rotatable bonds is 3. The maximum absolute atomic E-state index is 10.5. The van der Waals surface area contributed by atoms with Crippen molar-refractivity contribution in [2.75, 3.05) is 0 Å². The lowest BCUT2D eigenvalue weighted by atomic mass is 10.2. The topological polar surface area (TPSA) is 78.9 Å². The second-order valence-corrected chi connectivity index (χ2v) is 3.06. The zero-order chi connectivity index (χ0) is 10.7. The van der Waals surface area contributed by atoms with Crippen molar-refractivity contribution >= 4 is 5.97 Å². The number of aromatic nitrogens is 3. The van der Waals surface area contributed by atoms with Crippen LogP contribution in [0.1, 0.15) is 5.69 Å². The molecule has 5 nitrogen and oxygen atoms in total. The maximum Gasteiger partial charge on any atom is 0.309 e. The molecule has 0 aliphatic rings. The quantitative estimate of drug-likeness (QED) is 0.782. The van der Waals surface area contributed by atoms with Crippen LogP contribution in [0.2, 0.25) is 0 Å². The fourth-order valence-corrected chi connectivity index (χ4v) is 1.26. The standard InChI is InChI=1S/C10H9N3O2/c14-10(15)6-7-5-9(13-12-7)8-3-1-2-4-11-8/h1-5H,6H2,(H,12,13)(H,14,15). The Bertz CT molecular complexity index is 465. The van der Waals surface area contributed by atoms with Crippen LogP contribution in [0.15, 0.2) is 30.5 Å². The summed E-state index contributed by atoms with van der Waals surface area (Å²) in [5.41, 5.74) is 1.96. The molecule has 2 N–H and O–H groups in total. The average Bonchev–Trinajstić information content (AvgIpc) is 2.67. The predicted molar refractivity (Wildman–Crippen MR) is 53.2 cm³/mol. The zero-order valence-electron chi connectivity index (χ0n) is 7.84. The molecule has 0 saturated carbocycles. The van der Waals surface area contributed by atoms with E-state index in [1.165, 1.54) is 0 Å². The molecule has 2 aromatic rings. The van der Waals surface area contributed by atoms with E-state index in [2.05, 4.69) is 15.2 Å². The molecule has 0 saturated heterocycles. The van der Waals surface area contributed by atoms with Crippen molar-refractivity contribution in [2.24, 2.45) is 0 Å². The second-order valence-electron chi connectivity index (χ2n) is 3.06. The van der Waals surface area contributed by atoms with Crippen LogP contribution in [0.3, 0.4) is 0 Å². The van der Waals surface area contributed by atoms with E-state index in [-0.39, 0.29) is 6.42 Å². The average molecular weight is 203 g/mol. The van der Waals surface area contributed by atoms with Gasteiger partial charge in [0.1, 0.15) is 5.69 Å². The van der Waals surface area contributed by atoms with Gasteiger partial charge in [-0.25, -0.2) is 0 Å². The minimum Gasteiger partial charge on any atom is -0.481 e. The van der Waals surface area contributed by atoms with E-state index in [1.54, 1.807) is 12.3 Å². The Morgan fingerprint density at radius 2 is 2.27 bits per heavy atom. The van der Waals surface area contributed by atoms with Gasteiger partial charge >= 0.3 is 5.97 Å². The number of aliphatic carboxylic acids is 1. The minimum absolute atomic E-state index is 0.0557. The van der Waals surface area contributed by atoms with Crippen LogP contribution >= 0.6 is 0 Å². The third-order valence-electron chi connectivity index (χ3n) is 1.90. The summed E-state index contributed by atoms with van der Waals surface area (Å²) in [7, 11) is 0. The highest BCUT2D eigenvalue weighted by Gasteiger charge is 2.06. The van der Waals surface area contributed by atoms with Crippen LogP contribution in [0.25, 0.3) is 11.4 Å². The van der Waals surface area contributed by atoms with Gasteiger partial charge in [0.05, 0.1) is 12.1 Å². The van der Waals surface area contributed by atoms with E-state index in [9.17, 15) is 4.79 Å². The number of H-pyrrole nitrogens is 1. The van der Waals surface area contributed by atoms with Crippen LogP contribution < -0.4 is 0 Å². The van der Waals surface area contributed by atoms with Gasteiger partial charge in [0, 0.05) is 11.9 Å². The molecule has 0 amide bonds. The lowest BCUT2D eigenvalue weighted by molar-refractivity contribution is -0.136. The Balaban J connectivity index is 2.24. The number of nitrogens with zero attached hydrogens (tertiary/aromatic N) is 2. The van der Waals surface area contributed by atoms with Crippen LogP contribution in [-0.4, -0.2) is 26.3 Å². The van der Waals surface area contributed by atoms with Gasteiger partial charge in [-0.3, -0.25) is 14.9 Å². The molecule has 2 rings (SSSR count). The molecule has 0 unspecified atom stereocenters. The van der Waals surface area contributed by atoms with E-state index in [0.29, 0.717) is 11.4 Å². The summed E-state index contributed by atoms with van der Waals surface area (Å²) < 4.78 is 0. The Morgan fingerprint density at radius 3 is 2.93 bits per heavy atom. The van der Waals surface area contributed by atoms with E-state index >= 15 is 0 Å². The van der Waals surface area contributed by atoms with Gasteiger partial charge in [-0.2, -0.15) is 5.10 Å². The lowest BCUT2D eigenvalue weighted by Gasteiger charge is -1.91. The van der Waals surface area contributed by atoms with Crippen molar-refractivity contribution in [2.45, 2.75) is 6.42 Å². The predicted octanol–water partition coefficient (Wildman–Crippen LogP) is 1.10. The zero-order valence-corrected chi connectivity index (χ0v) is 7.84. The van der Waals surface area contributed by atoms with Gasteiger partial charge in [0.25, 0.3) is 0 Å². The first-order valence-corrected chi connectivity index (χ1v) is 4.43. The molecule has 0 fully saturated rings. The molecule has 2 heterocycles. The molecule has 0 aliphatic heterocycles. The SMILES string of the molecule is O=C(O)Cc1cc(-c2ccccn2)n[nH]1. The monoisotopic (exact) mass is 203 g/mol. The van der Waals surface area contributed by atoms with Gasteiger partial charge in [0.2, 0.25) is 0 Å². The van der Waals surface area contributed by atoms with Crippen LogP contribution in [0.5, 0.6) is 0 Å². The van der Waals surface area contributed by atoms with Crippen molar-refractivity contribution in [3.05, 3.63) is 36.2 Å². The van der Waals surface area contributed by atoms with Crippen LogP contribution in [0, 0.1) is 0 Å². The highest BCUT2D eigenvalue weighted by Crippen LogP contribution is 2.14.